The molecule has 0 radical (unpaired) electrons. The van der Waals surface area contributed by atoms with Crippen LogP contribution in [0.3, 0.4) is 0 Å². The van der Waals surface area contributed by atoms with E-state index in [-0.39, 0.29) is 25.8 Å². The van der Waals surface area contributed by atoms with E-state index in [4.69, 9.17) is 0 Å². The Bertz CT molecular complexity index is 653. The van der Waals surface area contributed by atoms with Gasteiger partial charge in [-0.05, 0) is 22.9 Å². The van der Waals surface area contributed by atoms with Crippen molar-refractivity contribution in [2.24, 2.45) is 5.41 Å². The molecule has 0 heterocycles. The predicted molar refractivity (Wildman–Crippen MR) is 87.9 cm³/mol. The minimum Gasteiger partial charge on any atom is -0.396 e. The van der Waals surface area contributed by atoms with Gasteiger partial charge in [-0.2, -0.15) is 0 Å². The summed E-state index contributed by atoms with van der Waals surface area (Å²) in [4.78, 5) is 13.7. The predicted octanol–water partition coefficient (Wildman–Crippen LogP) is 2.29. The molecule has 0 bridgehead atoms. The Morgan fingerprint density at radius 3 is 2.41 bits per heavy atom. The van der Waals surface area contributed by atoms with Gasteiger partial charge < -0.3 is 20.4 Å². The van der Waals surface area contributed by atoms with Crippen LogP contribution in [0.5, 0.6) is 0 Å². The second kappa shape index (κ2) is 6.77. The Hall–Kier alpha value is -2.11. The van der Waals surface area contributed by atoms with E-state index < -0.39 is 5.41 Å². The van der Waals surface area contributed by atoms with Crippen molar-refractivity contribution in [3.05, 3.63) is 42.5 Å². The third-order valence-electron chi connectivity index (χ3n) is 3.73. The van der Waals surface area contributed by atoms with Crippen LogP contribution in [-0.2, 0) is 0 Å². The molecule has 0 aliphatic rings. The van der Waals surface area contributed by atoms with Crippen LogP contribution in [0.2, 0.25) is 0 Å². The van der Waals surface area contributed by atoms with Gasteiger partial charge >= 0.3 is 6.03 Å². The molecule has 0 saturated carbocycles. The van der Waals surface area contributed by atoms with Crippen LogP contribution in [0.25, 0.3) is 10.8 Å². The second-order valence-corrected chi connectivity index (χ2v) is 5.98. The zero-order valence-corrected chi connectivity index (χ0v) is 12.9. The van der Waals surface area contributed by atoms with Gasteiger partial charge in [0.1, 0.15) is 0 Å². The molecular weight excluding hydrogens is 280 g/mol. The highest BCUT2D eigenvalue weighted by atomic mass is 16.3. The summed E-state index contributed by atoms with van der Waals surface area (Å²) in [5.74, 6) is 0. The first-order valence-corrected chi connectivity index (χ1v) is 7.20. The zero-order chi connectivity index (χ0) is 16.2. The van der Waals surface area contributed by atoms with E-state index in [0.717, 1.165) is 10.8 Å². The van der Waals surface area contributed by atoms with E-state index in [1.165, 1.54) is 4.90 Å². The molecule has 0 aliphatic heterocycles. The lowest BCUT2D eigenvalue weighted by Gasteiger charge is -2.30. The standard InChI is InChI=1S/C17H22N2O3/c1-17(11-20,12-21)10-19(2)16(22)18-15-8-7-13-5-3-4-6-14(13)9-15/h3-9,20-21H,10-12H2,1-2H3,(H,18,22). The van der Waals surface area contributed by atoms with E-state index in [1.807, 2.05) is 42.5 Å². The molecule has 0 aromatic heterocycles. The van der Waals surface area contributed by atoms with Crippen molar-refractivity contribution in [3.8, 4) is 0 Å². The van der Waals surface area contributed by atoms with Gasteiger partial charge in [0, 0.05) is 24.7 Å². The molecular formula is C17H22N2O3. The number of carbonyl (C=O) groups is 1. The van der Waals surface area contributed by atoms with Gasteiger partial charge in [-0.15, -0.1) is 0 Å². The molecule has 3 N–H and O–H groups in total. The van der Waals surface area contributed by atoms with E-state index in [1.54, 1.807) is 14.0 Å². The molecule has 118 valence electrons. The van der Waals surface area contributed by atoms with Gasteiger partial charge in [0.25, 0.3) is 0 Å². The van der Waals surface area contributed by atoms with Crippen LogP contribution in [0.4, 0.5) is 10.5 Å². The quantitative estimate of drug-likeness (QED) is 0.793. The van der Waals surface area contributed by atoms with Gasteiger partial charge in [0.2, 0.25) is 0 Å². The molecule has 5 heteroatoms. The Morgan fingerprint density at radius 2 is 1.77 bits per heavy atom. The number of aliphatic hydroxyl groups is 2. The number of aliphatic hydroxyl groups excluding tert-OH is 2. The highest BCUT2D eigenvalue weighted by Gasteiger charge is 2.26. The number of amides is 2. The van der Waals surface area contributed by atoms with Gasteiger partial charge in [-0.3, -0.25) is 0 Å². The molecule has 0 spiro atoms. The lowest BCUT2D eigenvalue weighted by atomic mass is 9.92. The fourth-order valence-corrected chi connectivity index (χ4v) is 2.28. The summed E-state index contributed by atoms with van der Waals surface area (Å²) in [5.41, 5.74) is 0.000372. The van der Waals surface area contributed by atoms with Crippen molar-refractivity contribution < 1.29 is 15.0 Å². The first kappa shape index (κ1) is 16.3. The van der Waals surface area contributed by atoms with Crippen LogP contribution in [0.1, 0.15) is 6.92 Å². The maximum Gasteiger partial charge on any atom is 0.321 e. The number of rotatable bonds is 5. The van der Waals surface area contributed by atoms with Gasteiger partial charge in [-0.1, -0.05) is 37.3 Å². The monoisotopic (exact) mass is 302 g/mol. The highest BCUT2D eigenvalue weighted by molar-refractivity contribution is 5.93. The van der Waals surface area contributed by atoms with E-state index in [0.29, 0.717) is 5.69 Å². The van der Waals surface area contributed by atoms with Crippen LogP contribution in [0.15, 0.2) is 42.5 Å². The highest BCUT2D eigenvalue weighted by Crippen LogP contribution is 2.20. The Kier molecular flexibility index (Phi) is 5.00. The third-order valence-corrected chi connectivity index (χ3v) is 3.73. The molecule has 2 amide bonds. The van der Waals surface area contributed by atoms with E-state index >= 15 is 0 Å². The molecule has 0 unspecified atom stereocenters. The summed E-state index contributed by atoms with van der Waals surface area (Å²) in [6, 6.07) is 13.4. The van der Waals surface area contributed by atoms with Gasteiger partial charge in [0.05, 0.1) is 13.2 Å². The number of urea groups is 1. The molecule has 2 aromatic rings. The fourth-order valence-electron chi connectivity index (χ4n) is 2.28. The van der Waals surface area contributed by atoms with Crippen LogP contribution in [-0.4, -0.2) is 48.0 Å². The Balaban J connectivity index is 2.06. The normalized spacial score (nSPS) is 11.5. The fraction of sp³-hybridized carbons (Fsp3) is 0.353. The van der Waals surface area contributed by atoms with Crippen molar-refractivity contribution in [1.29, 1.82) is 0 Å². The number of anilines is 1. The number of hydrogen-bond acceptors (Lipinski definition) is 3. The maximum atomic E-state index is 12.2. The molecule has 0 saturated heterocycles. The summed E-state index contributed by atoms with van der Waals surface area (Å²) in [5, 5.41) is 23.6. The second-order valence-electron chi connectivity index (χ2n) is 5.98. The molecule has 22 heavy (non-hydrogen) atoms. The molecule has 2 rings (SSSR count). The van der Waals surface area contributed by atoms with Crippen molar-refractivity contribution in [1.82, 2.24) is 4.90 Å². The average Bonchev–Trinajstić information content (AvgIpc) is 2.54. The van der Waals surface area contributed by atoms with Crippen molar-refractivity contribution in [2.45, 2.75) is 6.92 Å². The summed E-state index contributed by atoms with van der Waals surface area (Å²) < 4.78 is 0. The molecule has 0 fully saturated rings. The van der Waals surface area contributed by atoms with Crippen molar-refractivity contribution in [2.75, 3.05) is 32.1 Å². The lowest BCUT2D eigenvalue weighted by Crippen LogP contribution is -2.43. The molecule has 0 atom stereocenters. The number of benzene rings is 2. The smallest absolute Gasteiger partial charge is 0.321 e. The maximum absolute atomic E-state index is 12.2. The van der Waals surface area contributed by atoms with Crippen molar-refractivity contribution >= 4 is 22.5 Å². The summed E-state index contributed by atoms with van der Waals surface area (Å²) in [6.45, 7) is 1.63. The first-order valence-electron chi connectivity index (χ1n) is 7.20. The largest absolute Gasteiger partial charge is 0.396 e. The summed E-state index contributed by atoms with van der Waals surface area (Å²) in [6.07, 6.45) is 0. The number of nitrogens with one attached hydrogen (secondary N) is 1. The minimum atomic E-state index is -0.713. The Morgan fingerprint density at radius 1 is 1.14 bits per heavy atom. The summed E-state index contributed by atoms with van der Waals surface area (Å²) in [7, 11) is 1.64. The molecule has 0 aliphatic carbocycles. The topological polar surface area (TPSA) is 72.8 Å². The van der Waals surface area contributed by atoms with Crippen LogP contribution < -0.4 is 5.32 Å². The zero-order valence-electron chi connectivity index (χ0n) is 12.9. The average molecular weight is 302 g/mol. The minimum absolute atomic E-state index is 0.183. The molecule has 5 nitrogen and oxygen atoms in total. The third kappa shape index (κ3) is 3.75. The van der Waals surface area contributed by atoms with Crippen molar-refractivity contribution in [3.63, 3.8) is 0 Å². The lowest BCUT2D eigenvalue weighted by molar-refractivity contribution is 0.0509. The molecule has 2 aromatic carbocycles. The van der Waals surface area contributed by atoms with E-state index in [2.05, 4.69) is 5.32 Å². The van der Waals surface area contributed by atoms with Crippen LogP contribution in [0, 0.1) is 5.41 Å². The first-order chi connectivity index (χ1) is 10.5. The number of nitrogens with zero attached hydrogens (tertiary/aromatic N) is 1. The van der Waals surface area contributed by atoms with Gasteiger partial charge in [-0.25, -0.2) is 4.79 Å². The number of carbonyl (C=O) groups excluding carboxylic acids is 1. The number of fused-ring (bicyclic) bond motifs is 1. The Labute approximate surface area is 130 Å². The SMILES string of the molecule is CN(CC(C)(CO)CO)C(=O)Nc1ccc2ccccc2c1. The van der Waals surface area contributed by atoms with Crippen LogP contribution >= 0.6 is 0 Å². The van der Waals surface area contributed by atoms with E-state index in [9.17, 15) is 15.0 Å². The number of hydrogen-bond donors (Lipinski definition) is 3. The van der Waals surface area contributed by atoms with Gasteiger partial charge in [0.15, 0.2) is 0 Å². The summed E-state index contributed by atoms with van der Waals surface area (Å²) >= 11 is 0.